The van der Waals surface area contributed by atoms with Gasteiger partial charge in [-0.05, 0) is 29.8 Å². The molecule has 4 nitrogen and oxygen atoms in total. The van der Waals surface area contributed by atoms with Crippen molar-refractivity contribution in [2.24, 2.45) is 0 Å². The highest BCUT2D eigenvalue weighted by Crippen LogP contribution is 2.31. The van der Waals surface area contributed by atoms with Gasteiger partial charge in [-0.2, -0.15) is 0 Å². The van der Waals surface area contributed by atoms with Crippen molar-refractivity contribution in [2.45, 2.75) is 25.2 Å². The lowest BCUT2D eigenvalue weighted by Gasteiger charge is -2.37. The first kappa shape index (κ1) is 18.7. The summed E-state index contributed by atoms with van der Waals surface area (Å²) in [5.41, 5.74) is 1.64. The second-order valence-corrected chi connectivity index (χ2v) is 7.95. The first-order valence-electron chi connectivity index (χ1n) is 9.14. The van der Waals surface area contributed by atoms with Gasteiger partial charge in [0.1, 0.15) is 5.82 Å². The molecule has 0 atom stereocenters. The molecule has 6 heteroatoms. The molecule has 2 heterocycles. The molecule has 0 saturated carbocycles. The van der Waals surface area contributed by atoms with Gasteiger partial charge in [0.25, 0.3) is 0 Å². The van der Waals surface area contributed by atoms with Crippen molar-refractivity contribution < 1.29 is 18.7 Å². The Kier molecular flexibility index (Phi) is 5.41. The number of piperidine rings is 1. The van der Waals surface area contributed by atoms with E-state index in [0.29, 0.717) is 23.2 Å². The van der Waals surface area contributed by atoms with Gasteiger partial charge in [-0.1, -0.05) is 34.1 Å². The lowest BCUT2D eigenvalue weighted by molar-refractivity contribution is -0.185. The number of halogens is 2. The Labute approximate surface area is 166 Å². The molecule has 0 amide bonds. The highest BCUT2D eigenvalue weighted by Gasteiger charge is 2.39. The Morgan fingerprint density at radius 1 is 1.11 bits per heavy atom. The molecule has 4 rings (SSSR count). The summed E-state index contributed by atoms with van der Waals surface area (Å²) in [6.45, 7) is 3.88. The van der Waals surface area contributed by atoms with Crippen molar-refractivity contribution in [1.29, 1.82) is 0 Å². The van der Waals surface area contributed by atoms with Gasteiger partial charge < -0.3 is 9.47 Å². The molecule has 2 aromatic carbocycles. The van der Waals surface area contributed by atoms with Crippen molar-refractivity contribution in [3.05, 3.63) is 69.4 Å². The Balaban J connectivity index is 1.44. The van der Waals surface area contributed by atoms with Gasteiger partial charge in [-0.15, -0.1) is 0 Å². The van der Waals surface area contributed by atoms with E-state index in [2.05, 4.69) is 20.8 Å². The molecule has 0 bridgehead atoms. The quantitative estimate of drug-likeness (QED) is 0.678. The Hall–Kier alpha value is -1.60. The highest BCUT2D eigenvalue weighted by atomic mass is 79.9. The van der Waals surface area contributed by atoms with E-state index in [1.165, 1.54) is 12.1 Å². The van der Waals surface area contributed by atoms with E-state index in [4.69, 9.17) is 9.47 Å². The Morgan fingerprint density at radius 3 is 2.56 bits per heavy atom. The molecular formula is C21H21BrFNO3. The van der Waals surface area contributed by atoms with Crippen LogP contribution in [-0.4, -0.2) is 42.8 Å². The van der Waals surface area contributed by atoms with Crippen LogP contribution in [0.2, 0.25) is 0 Å². The number of likely N-dealkylation sites (tertiary alicyclic amines) is 1. The largest absolute Gasteiger partial charge is 0.347 e. The zero-order valence-electron chi connectivity index (χ0n) is 14.9. The van der Waals surface area contributed by atoms with E-state index >= 15 is 0 Å². The van der Waals surface area contributed by atoms with Crippen LogP contribution in [0.4, 0.5) is 4.39 Å². The smallest absolute Gasteiger partial charge is 0.195 e. The first-order valence-corrected chi connectivity index (χ1v) is 9.93. The topological polar surface area (TPSA) is 38.8 Å². The van der Waals surface area contributed by atoms with Gasteiger partial charge in [0.2, 0.25) is 0 Å². The molecule has 2 aliphatic heterocycles. The van der Waals surface area contributed by atoms with Gasteiger partial charge in [-0.3, -0.25) is 9.69 Å². The summed E-state index contributed by atoms with van der Waals surface area (Å²) in [7, 11) is 0. The van der Waals surface area contributed by atoms with Crippen LogP contribution >= 0.6 is 15.9 Å². The number of ketones is 1. The normalized spacial score (nSPS) is 19.5. The third-order valence-electron chi connectivity index (χ3n) is 5.20. The average Bonchev–Trinajstić information content (AvgIpc) is 3.12. The molecule has 0 N–H and O–H groups in total. The number of hydrogen-bond acceptors (Lipinski definition) is 4. The maximum absolute atomic E-state index is 14.1. The van der Waals surface area contributed by atoms with Crippen LogP contribution in [0, 0.1) is 5.82 Å². The minimum absolute atomic E-state index is 0.0887. The van der Waals surface area contributed by atoms with E-state index in [1.54, 1.807) is 12.1 Å². The van der Waals surface area contributed by atoms with Gasteiger partial charge in [0.05, 0.1) is 18.8 Å². The maximum Gasteiger partial charge on any atom is 0.195 e. The van der Waals surface area contributed by atoms with Crippen LogP contribution in [-0.2, 0) is 16.0 Å². The zero-order chi connectivity index (χ0) is 18.9. The number of hydrogen-bond donors (Lipinski definition) is 0. The van der Waals surface area contributed by atoms with Gasteiger partial charge in [0, 0.05) is 42.5 Å². The molecular weight excluding hydrogens is 413 g/mol. The maximum atomic E-state index is 14.1. The molecule has 0 aromatic heterocycles. The predicted molar refractivity (Wildman–Crippen MR) is 103 cm³/mol. The fraction of sp³-hybridized carbons (Fsp3) is 0.381. The fourth-order valence-corrected chi connectivity index (χ4v) is 4.07. The van der Waals surface area contributed by atoms with Gasteiger partial charge >= 0.3 is 0 Å². The Bertz CT molecular complexity index is 841. The van der Waals surface area contributed by atoms with Crippen molar-refractivity contribution >= 4 is 21.7 Å². The van der Waals surface area contributed by atoms with Gasteiger partial charge in [0.15, 0.2) is 11.6 Å². The zero-order valence-corrected chi connectivity index (χ0v) is 16.5. The lowest BCUT2D eigenvalue weighted by Crippen LogP contribution is -2.44. The predicted octanol–water partition coefficient (Wildman–Crippen LogP) is 4.16. The van der Waals surface area contributed by atoms with Crippen LogP contribution in [0.1, 0.15) is 34.3 Å². The third kappa shape index (κ3) is 4.14. The standard InChI is InChI=1S/C21H21BrFNO3/c22-17-4-5-18(19(23)13-17)20(25)16-3-1-2-15(12-16)14-24-8-6-21(7-9-24)26-10-11-27-21/h1-5,12-13H,6-11,14H2. The number of rotatable bonds is 4. The minimum Gasteiger partial charge on any atom is -0.347 e. The molecule has 0 unspecified atom stereocenters. The second kappa shape index (κ2) is 7.80. The minimum atomic E-state index is -0.516. The molecule has 1 spiro atoms. The van der Waals surface area contributed by atoms with E-state index < -0.39 is 5.82 Å². The summed E-state index contributed by atoms with van der Waals surface area (Å²) in [6, 6.07) is 12.0. The first-order chi connectivity index (χ1) is 13.0. The molecule has 142 valence electrons. The van der Waals surface area contributed by atoms with Crippen LogP contribution in [0.15, 0.2) is 46.9 Å². The van der Waals surface area contributed by atoms with Crippen LogP contribution in [0.3, 0.4) is 0 Å². The van der Waals surface area contributed by atoms with Crippen molar-refractivity contribution in [2.75, 3.05) is 26.3 Å². The molecule has 2 aliphatic rings. The van der Waals surface area contributed by atoms with E-state index in [-0.39, 0.29) is 17.1 Å². The number of benzene rings is 2. The van der Waals surface area contributed by atoms with Gasteiger partial charge in [-0.25, -0.2) is 4.39 Å². The third-order valence-corrected chi connectivity index (χ3v) is 5.70. The van der Waals surface area contributed by atoms with E-state index in [9.17, 15) is 9.18 Å². The molecule has 27 heavy (non-hydrogen) atoms. The summed E-state index contributed by atoms with van der Waals surface area (Å²) < 4.78 is 26.3. The number of carbonyl (C=O) groups is 1. The summed E-state index contributed by atoms with van der Waals surface area (Å²) in [6.07, 6.45) is 1.71. The fourth-order valence-electron chi connectivity index (χ4n) is 3.74. The molecule has 0 aliphatic carbocycles. The summed E-state index contributed by atoms with van der Waals surface area (Å²) >= 11 is 3.22. The molecule has 2 aromatic rings. The SMILES string of the molecule is O=C(c1cccc(CN2CCC3(CC2)OCCO3)c1)c1ccc(Br)cc1F. The molecule has 2 fully saturated rings. The number of nitrogens with zero attached hydrogens (tertiary/aromatic N) is 1. The lowest BCUT2D eigenvalue weighted by atomic mass is 9.99. The summed E-state index contributed by atoms with van der Waals surface area (Å²) in [5.74, 6) is -1.20. The number of ether oxygens (including phenoxy) is 2. The average molecular weight is 434 g/mol. The van der Waals surface area contributed by atoms with Crippen molar-refractivity contribution in [1.82, 2.24) is 4.90 Å². The summed E-state index contributed by atoms with van der Waals surface area (Å²) in [5, 5.41) is 0. The second-order valence-electron chi connectivity index (χ2n) is 7.04. The van der Waals surface area contributed by atoms with Crippen molar-refractivity contribution in [3.8, 4) is 0 Å². The van der Waals surface area contributed by atoms with E-state index in [0.717, 1.165) is 38.0 Å². The number of carbonyl (C=O) groups excluding carboxylic acids is 1. The molecule has 2 saturated heterocycles. The van der Waals surface area contributed by atoms with Crippen LogP contribution in [0.25, 0.3) is 0 Å². The highest BCUT2D eigenvalue weighted by molar-refractivity contribution is 9.10. The summed E-state index contributed by atoms with van der Waals surface area (Å²) in [4.78, 5) is 15.0. The van der Waals surface area contributed by atoms with E-state index in [1.807, 2.05) is 18.2 Å². The monoisotopic (exact) mass is 433 g/mol. The molecule has 0 radical (unpaired) electrons. The van der Waals surface area contributed by atoms with Crippen molar-refractivity contribution in [3.63, 3.8) is 0 Å². The Morgan fingerprint density at radius 2 is 1.85 bits per heavy atom. The van der Waals surface area contributed by atoms with Crippen LogP contribution < -0.4 is 0 Å². The van der Waals surface area contributed by atoms with Crippen LogP contribution in [0.5, 0.6) is 0 Å².